The third kappa shape index (κ3) is 11.6. The van der Waals surface area contributed by atoms with Crippen molar-refractivity contribution in [1.82, 2.24) is 20.2 Å². The predicted molar refractivity (Wildman–Crippen MR) is 280 cm³/mol. The van der Waals surface area contributed by atoms with Gasteiger partial charge in [-0.15, -0.1) is 22.7 Å². The molecule has 354 valence electrons. The summed E-state index contributed by atoms with van der Waals surface area (Å²) in [7, 11) is 3.40. The van der Waals surface area contributed by atoms with Crippen LogP contribution in [0.2, 0.25) is 20.1 Å². The number of piperidine rings is 1. The number of carboxylic acids is 2. The third-order valence-electron chi connectivity index (χ3n) is 11.6. The Hall–Kier alpha value is -6.42. The first kappa shape index (κ1) is 50.0. The number of hydrogen-bond donors (Lipinski definition) is 3. The first-order valence-electron chi connectivity index (χ1n) is 21.5. The molecule has 0 atom stereocenters. The number of nitrogens with zero attached hydrogens (tertiary/aromatic N) is 3. The normalized spacial score (nSPS) is 12.7. The molecule has 0 saturated carbocycles. The van der Waals surface area contributed by atoms with E-state index < -0.39 is 17.9 Å². The van der Waals surface area contributed by atoms with Gasteiger partial charge in [0.25, 0.3) is 5.91 Å². The Labute approximate surface area is 430 Å². The summed E-state index contributed by atoms with van der Waals surface area (Å²) >= 11 is 27.2. The maximum absolute atomic E-state index is 12.7. The van der Waals surface area contributed by atoms with E-state index >= 15 is 0 Å². The number of carbonyl (C=O) groups excluding carboxylic acids is 2. The molecule has 0 spiro atoms. The van der Waals surface area contributed by atoms with Gasteiger partial charge in [-0.25, -0.2) is 24.4 Å². The van der Waals surface area contributed by atoms with Crippen molar-refractivity contribution in [3.8, 4) is 65.9 Å². The van der Waals surface area contributed by atoms with Crippen LogP contribution >= 0.6 is 69.1 Å². The van der Waals surface area contributed by atoms with Crippen LogP contribution in [0.3, 0.4) is 0 Å². The number of esters is 1. The van der Waals surface area contributed by atoms with Crippen LogP contribution in [0.1, 0.15) is 54.3 Å². The molecule has 3 N–H and O–H groups in total. The summed E-state index contributed by atoms with van der Waals surface area (Å²) in [6, 6.07) is 34.9. The maximum atomic E-state index is 12.7. The second kappa shape index (κ2) is 22.1. The summed E-state index contributed by atoms with van der Waals surface area (Å²) in [4.78, 5) is 60.1. The van der Waals surface area contributed by atoms with Crippen LogP contribution in [-0.2, 0) is 4.74 Å². The van der Waals surface area contributed by atoms with E-state index in [0.717, 1.165) is 64.6 Å². The van der Waals surface area contributed by atoms with E-state index in [0.29, 0.717) is 58.5 Å². The molecular weight excluding hydrogens is 1010 g/mol. The SMILES string of the molecule is CN1CCC(NC(=O)c2ccc(-c3ccc(-c4nc(-c5ccc(Cl)c(Cl)c5)cs4)cc3C(=O)O)cc2)CC1.COC(=O)c1cc(-c2nc(-c3ccc(Cl)c(Cl)c3)cs2)ccc1-c1ccc(C(=O)O)cc1. The number of halogens is 4. The zero-order chi connectivity index (χ0) is 49.6. The molecule has 0 unspecified atom stereocenters. The summed E-state index contributed by atoms with van der Waals surface area (Å²) in [6.45, 7) is 1.94. The Morgan fingerprint density at radius 2 is 1.01 bits per heavy atom. The average molecular weight is 1050 g/mol. The molecule has 0 radical (unpaired) electrons. The van der Waals surface area contributed by atoms with Crippen molar-refractivity contribution >= 4 is 92.9 Å². The first-order valence-corrected chi connectivity index (χ1v) is 24.8. The van der Waals surface area contributed by atoms with Crippen LogP contribution in [-0.4, -0.2) is 82.2 Å². The number of carboxylic acid groups (broad SMARTS) is 2. The number of hydrogen-bond acceptors (Lipinski definition) is 10. The Bertz CT molecular complexity index is 3260. The van der Waals surface area contributed by atoms with E-state index in [1.165, 1.54) is 41.9 Å². The molecule has 1 fully saturated rings. The topological polar surface area (TPSA) is 159 Å². The van der Waals surface area contributed by atoms with E-state index in [-0.39, 0.29) is 23.1 Å². The minimum Gasteiger partial charge on any atom is -0.478 e. The maximum Gasteiger partial charge on any atom is 0.338 e. The number of carbonyl (C=O) groups is 4. The second-order valence-corrected chi connectivity index (χ2v) is 19.5. The van der Waals surface area contributed by atoms with Gasteiger partial charge >= 0.3 is 17.9 Å². The van der Waals surface area contributed by atoms with Crippen molar-refractivity contribution in [2.24, 2.45) is 0 Å². The van der Waals surface area contributed by atoms with Crippen molar-refractivity contribution in [1.29, 1.82) is 0 Å². The van der Waals surface area contributed by atoms with Crippen LogP contribution < -0.4 is 5.32 Å². The minimum atomic E-state index is -1.04. The number of nitrogens with one attached hydrogen (secondary N) is 1. The van der Waals surface area contributed by atoms with E-state index in [9.17, 15) is 24.3 Å². The zero-order valence-corrected chi connectivity index (χ0v) is 41.9. The largest absolute Gasteiger partial charge is 0.478 e. The van der Waals surface area contributed by atoms with Gasteiger partial charge in [-0.2, -0.15) is 0 Å². The fourth-order valence-corrected chi connectivity index (χ4v) is 9.97. The summed E-state index contributed by atoms with van der Waals surface area (Å²) in [5, 5.41) is 29.3. The Balaban J connectivity index is 0.000000191. The lowest BCUT2D eigenvalue weighted by Crippen LogP contribution is -2.43. The molecule has 6 aromatic carbocycles. The van der Waals surface area contributed by atoms with Crippen molar-refractivity contribution in [2.45, 2.75) is 18.9 Å². The van der Waals surface area contributed by atoms with Gasteiger partial charge in [0.2, 0.25) is 0 Å². The van der Waals surface area contributed by atoms with E-state index in [1.807, 2.05) is 35.0 Å². The third-order valence-corrected chi connectivity index (χ3v) is 14.8. The van der Waals surface area contributed by atoms with E-state index in [4.69, 9.17) is 56.2 Å². The summed E-state index contributed by atoms with van der Waals surface area (Å²) in [5.74, 6) is -2.65. The van der Waals surface area contributed by atoms with Gasteiger partial charge in [0.15, 0.2) is 0 Å². The molecule has 1 amide bonds. The Morgan fingerprint density at radius 3 is 1.47 bits per heavy atom. The van der Waals surface area contributed by atoms with Gasteiger partial charge in [-0.1, -0.05) is 107 Å². The van der Waals surface area contributed by atoms with Crippen LogP contribution in [0, 0.1) is 0 Å². The lowest BCUT2D eigenvalue weighted by molar-refractivity contribution is 0.0599. The molecule has 1 saturated heterocycles. The number of amides is 1. The molecule has 9 rings (SSSR count). The monoisotopic (exact) mass is 1050 g/mol. The van der Waals surface area contributed by atoms with Gasteiger partial charge in [0.05, 0.1) is 55.3 Å². The number of thiazole rings is 2. The number of likely N-dealkylation sites (tertiary alicyclic amines) is 1. The van der Waals surface area contributed by atoms with Crippen molar-refractivity contribution < 1.29 is 34.1 Å². The standard InChI is InChI=1S/C29H25Cl2N3O3S.C24H15Cl2NO4S/c1-34-12-10-21(11-13-34)32-27(35)18-4-2-17(3-5-18)22-8-6-20(14-23(22)29(36)37)28-33-26(16-38-28)19-7-9-24(30)25(31)15-19;1-31-24(30)18-10-16(6-8-17(18)13-2-4-14(5-3-13)23(28)29)22-27-21(12-32-22)15-7-9-19(25)20(26)11-15/h2-9,14-16,21H,10-13H2,1H3,(H,32,35)(H,36,37);2-12H,1H3,(H,28,29). The van der Waals surface area contributed by atoms with E-state index in [2.05, 4.69) is 27.2 Å². The molecule has 1 aliphatic rings. The predicted octanol–water partition coefficient (Wildman–Crippen LogP) is 13.9. The molecule has 1 aliphatic heterocycles. The summed E-state index contributed by atoms with van der Waals surface area (Å²) < 4.78 is 4.97. The quantitative estimate of drug-likeness (QED) is 0.106. The molecular formula is C53H40Cl4N4O7S2. The van der Waals surface area contributed by atoms with Gasteiger partial charge < -0.3 is 25.2 Å². The number of ether oxygens (including phenoxy) is 1. The number of rotatable bonds is 11. The molecule has 8 aromatic rings. The zero-order valence-electron chi connectivity index (χ0n) is 37.2. The Kier molecular flexibility index (Phi) is 15.8. The highest BCUT2D eigenvalue weighted by Gasteiger charge is 2.21. The smallest absolute Gasteiger partial charge is 0.338 e. The van der Waals surface area contributed by atoms with Gasteiger partial charge in [0.1, 0.15) is 10.0 Å². The Morgan fingerprint density at radius 1 is 0.571 bits per heavy atom. The second-order valence-electron chi connectivity index (χ2n) is 16.2. The van der Waals surface area contributed by atoms with Crippen LogP contribution in [0.25, 0.3) is 65.9 Å². The summed E-state index contributed by atoms with van der Waals surface area (Å²) in [6.07, 6.45) is 1.87. The van der Waals surface area contributed by atoms with E-state index in [1.54, 1.807) is 84.9 Å². The number of aromatic nitrogens is 2. The molecule has 2 aromatic heterocycles. The number of aromatic carboxylic acids is 2. The minimum absolute atomic E-state index is 0.110. The van der Waals surface area contributed by atoms with Gasteiger partial charge in [-0.05, 0) is 116 Å². The van der Waals surface area contributed by atoms with Crippen molar-refractivity contribution in [2.75, 3.05) is 27.2 Å². The van der Waals surface area contributed by atoms with Crippen LogP contribution in [0.15, 0.2) is 132 Å². The van der Waals surface area contributed by atoms with Gasteiger partial charge in [-0.3, -0.25) is 4.79 Å². The molecule has 70 heavy (non-hydrogen) atoms. The lowest BCUT2D eigenvalue weighted by atomic mass is 9.96. The molecule has 17 heteroatoms. The molecule has 3 heterocycles. The average Bonchev–Trinajstić information content (AvgIpc) is 4.08. The number of methoxy groups -OCH3 is 1. The lowest BCUT2D eigenvalue weighted by Gasteiger charge is -2.29. The molecule has 0 aliphatic carbocycles. The highest BCUT2D eigenvalue weighted by Crippen LogP contribution is 2.37. The van der Waals surface area contributed by atoms with Crippen molar-refractivity contribution in [3.63, 3.8) is 0 Å². The fourth-order valence-electron chi connectivity index (χ4n) is 7.72. The van der Waals surface area contributed by atoms with Crippen LogP contribution in [0.4, 0.5) is 0 Å². The van der Waals surface area contributed by atoms with Crippen molar-refractivity contribution in [3.05, 3.63) is 174 Å². The molecule has 11 nitrogen and oxygen atoms in total. The highest BCUT2D eigenvalue weighted by atomic mass is 35.5. The first-order chi connectivity index (χ1) is 33.6. The van der Waals surface area contributed by atoms with Crippen LogP contribution in [0.5, 0.6) is 0 Å². The fraction of sp³-hybridized carbons (Fsp3) is 0.132. The van der Waals surface area contributed by atoms with Gasteiger partial charge in [0, 0.05) is 44.6 Å². The highest BCUT2D eigenvalue weighted by molar-refractivity contribution is 7.13. The summed E-state index contributed by atoms with van der Waals surface area (Å²) in [5.41, 5.74) is 8.50. The molecule has 0 bridgehead atoms. The number of benzene rings is 6.